The van der Waals surface area contributed by atoms with Crippen molar-refractivity contribution in [1.29, 1.82) is 0 Å². The van der Waals surface area contributed by atoms with Gasteiger partial charge in [-0.1, -0.05) is 0 Å². The number of hydrogen-bond acceptors (Lipinski definition) is 5. The minimum Gasteiger partial charge on any atom is -0.390 e. The molecule has 0 bridgehead atoms. The third-order valence-corrected chi connectivity index (χ3v) is 5.43. The fourth-order valence-corrected chi connectivity index (χ4v) is 4.44. The zero-order chi connectivity index (χ0) is 14.5. The van der Waals surface area contributed by atoms with E-state index in [1.807, 2.05) is 24.0 Å². The van der Waals surface area contributed by atoms with Crippen molar-refractivity contribution < 1.29 is 9.84 Å². The van der Waals surface area contributed by atoms with Crippen molar-refractivity contribution in [3.63, 3.8) is 0 Å². The third-order valence-electron chi connectivity index (χ3n) is 4.29. The fraction of sp³-hybridized carbons (Fsp3) is 0.800. The van der Waals surface area contributed by atoms with E-state index in [4.69, 9.17) is 4.74 Å². The number of aliphatic hydroxyl groups is 1. The number of aromatic nitrogens is 2. The van der Waals surface area contributed by atoms with Crippen molar-refractivity contribution in [1.82, 2.24) is 14.7 Å². The predicted octanol–water partition coefficient (Wildman–Crippen LogP) is 1.23. The van der Waals surface area contributed by atoms with Crippen LogP contribution in [0.25, 0.3) is 0 Å². The molecule has 1 N–H and O–H groups in total. The molecular weight excluding hydrogens is 286 g/mol. The average Bonchev–Trinajstić information content (AvgIpc) is 3.22. The second-order valence-electron chi connectivity index (χ2n) is 5.99. The lowest BCUT2D eigenvalue weighted by Gasteiger charge is -2.32. The summed E-state index contributed by atoms with van der Waals surface area (Å²) in [5.41, 5.74) is 0. The van der Waals surface area contributed by atoms with Crippen LogP contribution in [0.5, 0.6) is 0 Å². The minimum absolute atomic E-state index is 0.354. The molecule has 2 saturated heterocycles. The highest BCUT2D eigenvalue weighted by atomic mass is 32.2. The maximum Gasteiger partial charge on any atom is 0.0862 e. The molecule has 6 heteroatoms. The summed E-state index contributed by atoms with van der Waals surface area (Å²) >= 11 is 2.02. The first-order valence-corrected chi connectivity index (χ1v) is 9.05. The summed E-state index contributed by atoms with van der Waals surface area (Å²) < 4.78 is 7.59. The molecule has 0 radical (unpaired) electrons. The Balaban J connectivity index is 1.55. The number of thioether (sulfide) groups is 1. The van der Waals surface area contributed by atoms with Gasteiger partial charge in [0, 0.05) is 43.9 Å². The van der Waals surface area contributed by atoms with Crippen molar-refractivity contribution >= 4 is 11.8 Å². The summed E-state index contributed by atoms with van der Waals surface area (Å²) in [5.74, 6) is 2.42. The van der Waals surface area contributed by atoms with Crippen LogP contribution in [-0.2, 0) is 11.3 Å². The van der Waals surface area contributed by atoms with Crippen LogP contribution in [0.2, 0.25) is 0 Å². The molecule has 0 spiro atoms. The van der Waals surface area contributed by atoms with E-state index < -0.39 is 0 Å². The Morgan fingerprint density at radius 1 is 1.48 bits per heavy atom. The first-order chi connectivity index (χ1) is 10.3. The van der Waals surface area contributed by atoms with E-state index >= 15 is 0 Å². The quantitative estimate of drug-likeness (QED) is 0.821. The Morgan fingerprint density at radius 3 is 3.10 bits per heavy atom. The predicted molar refractivity (Wildman–Crippen MR) is 84.5 cm³/mol. The number of nitrogens with zero attached hydrogens (tertiary/aromatic N) is 3. The van der Waals surface area contributed by atoms with E-state index in [1.165, 1.54) is 24.3 Å². The molecule has 2 fully saturated rings. The molecule has 3 heterocycles. The monoisotopic (exact) mass is 311 g/mol. The molecule has 1 aromatic heterocycles. The number of rotatable bonds is 7. The van der Waals surface area contributed by atoms with Crippen molar-refractivity contribution in [2.45, 2.75) is 44.1 Å². The zero-order valence-corrected chi connectivity index (χ0v) is 13.2. The average molecular weight is 311 g/mol. The summed E-state index contributed by atoms with van der Waals surface area (Å²) in [7, 11) is 0. The van der Waals surface area contributed by atoms with Crippen LogP contribution in [0, 0.1) is 0 Å². The van der Waals surface area contributed by atoms with Gasteiger partial charge in [-0.05, 0) is 31.1 Å². The van der Waals surface area contributed by atoms with Crippen LogP contribution in [-0.4, -0.2) is 69.2 Å². The van der Waals surface area contributed by atoms with Gasteiger partial charge in [-0.25, -0.2) is 0 Å². The number of aliphatic hydroxyl groups excluding tert-OH is 1. The van der Waals surface area contributed by atoms with Gasteiger partial charge in [0.05, 0.1) is 18.8 Å². The molecule has 3 rings (SSSR count). The van der Waals surface area contributed by atoms with Gasteiger partial charge in [0.25, 0.3) is 0 Å². The molecule has 3 unspecified atom stereocenters. The smallest absolute Gasteiger partial charge is 0.0862 e. The first kappa shape index (κ1) is 15.3. The van der Waals surface area contributed by atoms with Crippen LogP contribution in [0.4, 0.5) is 0 Å². The van der Waals surface area contributed by atoms with Crippen LogP contribution in [0.15, 0.2) is 18.5 Å². The Hall–Kier alpha value is -0.560. The minimum atomic E-state index is -0.378. The van der Waals surface area contributed by atoms with E-state index in [-0.39, 0.29) is 6.10 Å². The molecule has 118 valence electrons. The van der Waals surface area contributed by atoms with E-state index in [0.29, 0.717) is 25.2 Å². The van der Waals surface area contributed by atoms with Gasteiger partial charge in [0.2, 0.25) is 0 Å². The Labute approximate surface area is 130 Å². The maximum absolute atomic E-state index is 10.4. The van der Waals surface area contributed by atoms with Crippen molar-refractivity contribution in [2.24, 2.45) is 0 Å². The Kier molecular flexibility index (Phi) is 5.57. The lowest BCUT2D eigenvalue weighted by Crippen LogP contribution is -2.45. The molecule has 0 aliphatic carbocycles. The molecule has 0 aromatic carbocycles. The van der Waals surface area contributed by atoms with E-state index in [2.05, 4.69) is 10.00 Å². The molecule has 2 aliphatic rings. The lowest BCUT2D eigenvalue weighted by molar-refractivity contribution is 0.0296. The lowest BCUT2D eigenvalue weighted by atomic mass is 10.1. The number of hydrogen-bond donors (Lipinski definition) is 1. The highest BCUT2D eigenvalue weighted by molar-refractivity contribution is 7.99. The molecule has 2 aliphatic heterocycles. The SMILES string of the molecule is OC(CN(CC1CCCO1)C1CCSC1)Cn1cccn1. The molecule has 1 aromatic rings. The van der Waals surface area contributed by atoms with E-state index in [1.54, 1.807) is 10.9 Å². The maximum atomic E-state index is 10.4. The highest BCUT2D eigenvalue weighted by Crippen LogP contribution is 2.24. The second kappa shape index (κ2) is 7.63. The summed E-state index contributed by atoms with van der Waals surface area (Å²) in [4.78, 5) is 2.45. The van der Waals surface area contributed by atoms with Gasteiger partial charge in [0.15, 0.2) is 0 Å². The van der Waals surface area contributed by atoms with Crippen LogP contribution in [0.3, 0.4) is 0 Å². The van der Waals surface area contributed by atoms with Gasteiger partial charge < -0.3 is 9.84 Å². The van der Waals surface area contributed by atoms with Crippen LogP contribution >= 0.6 is 11.8 Å². The summed E-state index contributed by atoms with van der Waals surface area (Å²) in [6, 6.07) is 2.48. The van der Waals surface area contributed by atoms with Crippen molar-refractivity contribution in [3.8, 4) is 0 Å². The van der Waals surface area contributed by atoms with Gasteiger partial charge in [-0.3, -0.25) is 9.58 Å². The normalized spacial score (nSPS) is 27.5. The third kappa shape index (κ3) is 4.45. The second-order valence-corrected chi connectivity index (χ2v) is 7.14. The van der Waals surface area contributed by atoms with Gasteiger partial charge in [-0.2, -0.15) is 16.9 Å². The van der Waals surface area contributed by atoms with Gasteiger partial charge in [-0.15, -0.1) is 0 Å². The molecule has 0 amide bonds. The molecular formula is C15H25N3O2S. The fourth-order valence-electron chi connectivity index (χ4n) is 3.19. The number of ether oxygens (including phenoxy) is 1. The highest BCUT2D eigenvalue weighted by Gasteiger charge is 2.28. The molecule has 3 atom stereocenters. The summed E-state index contributed by atoms with van der Waals surface area (Å²) in [6.45, 7) is 3.13. The Bertz CT molecular complexity index is 403. The van der Waals surface area contributed by atoms with Gasteiger partial charge >= 0.3 is 0 Å². The largest absolute Gasteiger partial charge is 0.390 e. The summed E-state index contributed by atoms with van der Waals surface area (Å²) in [6.07, 6.45) is 7.19. The van der Waals surface area contributed by atoms with Crippen LogP contribution in [0.1, 0.15) is 19.3 Å². The van der Waals surface area contributed by atoms with Crippen molar-refractivity contribution in [2.75, 3.05) is 31.2 Å². The Morgan fingerprint density at radius 2 is 2.43 bits per heavy atom. The zero-order valence-electron chi connectivity index (χ0n) is 12.4. The van der Waals surface area contributed by atoms with Crippen molar-refractivity contribution in [3.05, 3.63) is 18.5 Å². The molecule has 0 saturated carbocycles. The molecule has 5 nitrogen and oxygen atoms in total. The summed E-state index contributed by atoms with van der Waals surface area (Å²) in [5, 5.41) is 14.5. The van der Waals surface area contributed by atoms with Gasteiger partial charge in [0.1, 0.15) is 0 Å². The standard InChI is InChI=1S/C15H25N3O2S/c19-14(10-18-6-2-5-16-18)9-17(13-4-8-21-12-13)11-15-3-1-7-20-15/h2,5-6,13-15,19H,1,3-4,7-12H2. The first-order valence-electron chi connectivity index (χ1n) is 7.90. The molecule has 21 heavy (non-hydrogen) atoms. The van der Waals surface area contributed by atoms with E-state index in [0.717, 1.165) is 19.6 Å². The topological polar surface area (TPSA) is 50.5 Å². The van der Waals surface area contributed by atoms with Crippen LogP contribution < -0.4 is 0 Å². The van der Waals surface area contributed by atoms with E-state index in [9.17, 15) is 5.11 Å².